The molecule has 0 aromatic rings. The molecule has 0 unspecified atom stereocenters. The summed E-state index contributed by atoms with van der Waals surface area (Å²) in [7, 11) is 0. The Kier molecular flexibility index (Phi) is 10.2. The number of aliphatic hydroxyl groups excluding tert-OH is 1. The summed E-state index contributed by atoms with van der Waals surface area (Å²) in [5.74, 6) is -1.92. The van der Waals surface area contributed by atoms with Crippen molar-refractivity contribution in [3.05, 3.63) is 24.4 Å². The van der Waals surface area contributed by atoms with Crippen molar-refractivity contribution in [2.75, 3.05) is 13.1 Å². The van der Waals surface area contributed by atoms with Crippen LogP contribution in [-0.2, 0) is 14.4 Å². The van der Waals surface area contributed by atoms with Gasteiger partial charge in [0.2, 0.25) is 11.8 Å². The van der Waals surface area contributed by atoms with Crippen LogP contribution in [0.5, 0.6) is 0 Å². The molecule has 1 saturated heterocycles. The number of hydrogen-bond acceptors (Lipinski definition) is 5. The van der Waals surface area contributed by atoms with Gasteiger partial charge in [0.15, 0.2) is 0 Å². The van der Waals surface area contributed by atoms with Gasteiger partial charge in [0.25, 0.3) is 0 Å². The highest BCUT2D eigenvalue weighted by Crippen LogP contribution is 2.45. The number of halogens is 3. The average Bonchev–Trinajstić information content (AvgIpc) is 3.27. The van der Waals surface area contributed by atoms with Gasteiger partial charge in [0.05, 0.1) is 6.10 Å². The number of carbonyl (C=O) groups excluding carboxylic acids is 2. The Hall–Kier alpha value is -2.56. The number of aliphatic hydroxyl groups is 1. The number of carboxylic acid groups (broad SMARTS) is 1. The Morgan fingerprint density at radius 3 is 2.54 bits per heavy atom. The van der Waals surface area contributed by atoms with Gasteiger partial charge in [-0.1, -0.05) is 31.6 Å². The number of nitrogens with one attached hydrogen (secondary N) is 2. The number of rotatable bonds is 14. The summed E-state index contributed by atoms with van der Waals surface area (Å²) in [6.07, 6.45) is 1.68. The monoisotopic (exact) mass is 503 g/mol. The first-order valence-corrected chi connectivity index (χ1v) is 12.0. The first-order chi connectivity index (χ1) is 16.3. The number of aliphatic carboxylic acids is 1. The summed E-state index contributed by atoms with van der Waals surface area (Å²) < 4.78 is 37.6. The second-order valence-electron chi connectivity index (χ2n) is 9.48. The summed E-state index contributed by atoms with van der Waals surface area (Å²) in [4.78, 5) is 37.1. The fraction of sp³-hybridized carbons (Fsp3) is 0.708. The van der Waals surface area contributed by atoms with E-state index in [-0.39, 0.29) is 36.4 Å². The van der Waals surface area contributed by atoms with Gasteiger partial charge >= 0.3 is 12.1 Å². The number of likely N-dealkylation sites (tertiary alicyclic amines) is 1. The van der Waals surface area contributed by atoms with E-state index in [9.17, 15) is 37.8 Å². The molecule has 0 spiro atoms. The molecule has 1 saturated carbocycles. The van der Waals surface area contributed by atoms with Crippen molar-refractivity contribution in [3.63, 3.8) is 0 Å². The molecular weight excluding hydrogens is 467 g/mol. The average molecular weight is 504 g/mol. The topological polar surface area (TPSA) is 119 Å². The molecule has 0 bridgehead atoms. The fourth-order valence-corrected chi connectivity index (χ4v) is 4.36. The number of amides is 2. The van der Waals surface area contributed by atoms with Crippen molar-refractivity contribution in [2.45, 2.75) is 88.6 Å². The molecule has 0 aromatic carbocycles. The second-order valence-corrected chi connectivity index (χ2v) is 9.48. The Morgan fingerprint density at radius 2 is 1.97 bits per heavy atom. The molecule has 2 fully saturated rings. The van der Waals surface area contributed by atoms with Gasteiger partial charge in [-0.2, -0.15) is 13.2 Å². The molecule has 0 radical (unpaired) electrons. The number of nitrogens with zero attached hydrogens (tertiary/aromatic N) is 1. The Labute approximate surface area is 203 Å². The van der Waals surface area contributed by atoms with Gasteiger partial charge in [0, 0.05) is 38.0 Å². The predicted octanol–water partition coefficient (Wildman–Crippen LogP) is 2.88. The van der Waals surface area contributed by atoms with E-state index < -0.39 is 36.3 Å². The maximum atomic E-state index is 12.9. The minimum atomic E-state index is -4.30. The fourth-order valence-electron chi connectivity index (χ4n) is 4.36. The van der Waals surface area contributed by atoms with E-state index >= 15 is 0 Å². The molecule has 8 nitrogen and oxygen atoms in total. The first-order valence-electron chi connectivity index (χ1n) is 12.0. The van der Waals surface area contributed by atoms with Gasteiger partial charge in [-0.25, -0.2) is 4.79 Å². The molecule has 198 valence electrons. The number of carbonyl (C=O) groups is 3. The molecule has 1 aliphatic heterocycles. The highest BCUT2D eigenvalue weighted by Gasteiger charge is 2.60. The third-order valence-corrected chi connectivity index (χ3v) is 6.39. The zero-order valence-electron chi connectivity index (χ0n) is 20.1. The van der Waals surface area contributed by atoms with Crippen LogP contribution in [0.25, 0.3) is 0 Å². The van der Waals surface area contributed by atoms with Crippen molar-refractivity contribution in [2.24, 2.45) is 5.92 Å². The molecule has 2 amide bonds. The lowest BCUT2D eigenvalue weighted by molar-refractivity contribution is -0.143. The number of unbranched alkanes of at least 4 members (excludes halogenated alkanes) is 3. The zero-order valence-corrected chi connectivity index (χ0v) is 20.1. The molecular formula is C24H36F3N3O5. The SMILES string of the molecule is C=C(CCC(F)(F)F)N[C@@H](CCCCC/C=C\[C@@H]1C[C@]1(NC(C)=O)C(=O)O)C(=O)N1CC[C@@H](O)C1. The minimum absolute atomic E-state index is 0.161. The van der Waals surface area contributed by atoms with Crippen molar-refractivity contribution in [1.82, 2.24) is 15.5 Å². The third-order valence-electron chi connectivity index (χ3n) is 6.39. The van der Waals surface area contributed by atoms with Gasteiger partial charge in [-0.3, -0.25) is 9.59 Å². The maximum Gasteiger partial charge on any atom is 0.389 e. The summed E-state index contributed by atoms with van der Waals surface area (Å²) in [6.45, 7) is 5.56. The van der Waals surface area contributed by atoms with Crippen LogP contribution in [0.1, 0.15) is 64.7 Å². The standard InChI is InChI=1S/C24H36F3N3O5/c1-16(10-12-24(25,26)27)28-20(21(33)30-13-11-19(32)15-30)9-7-5-3-4-6-8-18-14-23(18,22(34)35)29-17(2)31/h6,8,18-20,28,32H,1,3-5,7,9-15H2,2H3,(H,29,31)(H,34,35)/b8-6-/t18-,19-,20+,23-/m1/s1. The number of hydrogen-bond donors (Lipinski definition) is 4. The Bertz CT molecular complexity index is 817. The van der Waals surface area contributed by atoms with Crippen LogP contribution in [0.15, 0.2) is 24.4 Å². The van der Waals surface area contributed by atoms with Crippen LogP contribution in [0.2, 0.25) is 0 Å². The molecule has 11 heteroatoms. The van der Waals surface area contributed by atoms with Crippen LogP contribution in [-0.4, -0.2) is 69.8 Å². The predicted molar refractivity (Wildman–Crippen MR) is 123 cm³/mol. The maximum absolute atomic E-state index is 12.9. The number of allylic oxidation sites excluding steroid dienone is 2. The lowest BCUT2D eigenvalue weighted by atomic mass is 10.0. The van der Waals surface area contributed by atoms with Gasteiger partial charge in [-0.05, 0) is 38.5 Å². The molecule has 1 heterocycles. The molecule has 2 rings (SSSR count). The quantitative estimate of drug-likeness (QED) is 0.214. The number of β-amino-alcohol motifs (C(OH)–C–C–N with tert-alkyl or cyclic N) is 1. The van der Waals surface area contributed by atoms with E-state index in [0.29, 0.717) is 38.6 Å². The van der Waals surface area contributed by atoms with Crippen LogP contribution < -0.4 is 10.6 Å². The highest BCUT2D eigenvalue weighted by molar-refractivity contribution is 5.90. The lowest BCUT2D eigenvalue weighted by Crippen LogP contribution is -2.45. The zero-order chi connectivity index (χ0) is 26.2. The molecule has 4 atom stereocenters. The van der Waals surface area contributed by atoms with Gasteiger partial charge in [-0.15, -0.1) is 0 Å². The smallest absolute Gasteiger partial charge is 0.389 e. The largest absolute Gasteiger partial charge is 0.479 e. The number of alkyl halides is 3. The normalized spacial score (nSPS) is 24.9. The van der Waals surface area contributed by atoms with Crippen LogP contribution >= 0.6 is 0 Å². The van der Waals surface area contributed by atoms with Crippen molar-refractivity contribution >= 4 is 17.8 Å². The van der Waals surface area contributed by atoms with Crippen molar-refractivity contribution in [3.8, 4) is 0 Å². The van der Waals surface area contributed by atoms with Crippen LogP contribution in [0.4, 0.5) is 13.2 Å². The van der Waals surface area contributed by atoms with E-state index in [2.05, 4.69) is 17.2 Å². The molecule has 2 aliphatic rings. The second kappa shape index (κ2) is 12.4. The van der Waals surface area contributed by atoms with Crippen LogP contribution in [0.3, 0.4) is 0 Å². The van der Waals surface area contributed by atoms with Gasteiger partial charge < -0.3 is 25.7 Å². The lowest BCUT2D eigenvalue weighted by Gasteiger charge is -2.26. The van der Waals surface area contributed by atoms with E-state index in [0.717, 1.165) is 12.8 Å². The van der Waals surface area contributed by atoms with Gasteiger partial charge in [0.1, 0.15) is 11.6 Å². The minimum Gasteiger partial charge on any atom is -0.479 e. The first kappa shape index (κ1) is 28.7. The summed E-state index contributed by atoms with van der Waals surface area (Å²) >= 11 is 0. The Morgan fingerprint density at radius 1 is 1.26 bits per heavy atom. The summed E-state index contributed by atoms with van der Waals surface area (Å²) in [5.41, 5.74) is -1.05. The van der Waals surface area contributed by atoms with E-state index in [1.807, 2.05) is 6.08 Å². The summed E-state index contributed by atoms with van der Waals surface area (Å²) in [5, 5.41) is 24.5. The van der Waals surface area contributed by atoms with E-state index in [1.54, 1.807) is 6.08 Å². The van der Waals surface area contributed by atoms with E-state index in [4.69, 9.17) is 0 Å². The van der Waals surface area contributed by atoms with Crippen molar-refractivity contribution < 1.29 is 37.8 Å². The molecule has 4 N–H and O–H groups in total. The number of carboxylic acids is 1. The Balaban J connectivity index is 1.78. The molecule has 0 aromatic heterocycles. The third kappa shape index (κ3) is 9.19. The summed E-state index contributed by atoms with van der Waals surface area (Å²) in [6, 6.07) is -0.697. The van der Waals surface area contributed by atoms with Crippen LogP contribution in [0, 0.1) is 5.92 Å². The van der Waals surface area contributed by atoms with E-state index in [1.165, 1.54) is 11.8 Å². The highest BCUT2D eigenvalue weighted by atomic mass is 19.4. The van der Waals surface area contributed by atoms with Crippen molar-refractivity contribution in [1.29, 1.82) is 0 Å². The molecule has 35 heavy (non-hydrogen) atoms. The molecule has 1 aliphatic carbocycles.